The molecule has 1 amide bonds. The van der Waals surface area contributed by atoms with Gasteiger partial charge in [0, 0.05) is 13.1 Å². The summed E-state index contributed by atoms with van der Waals surface area (Å²) in [6, 6.07) is 6.81. The number of likely N-dealkylation sites (tertiary alicyclic amines) is 1. The van der Waals surface area contributed by atoms with Crippen LogP contribution >= 0.6 is 0 Å². The van der Waals surface area contributed by atoms with E-state index < -0.39 is 0 Å². The van der Waals surface area contributed by atoms with E-state index in [1.54, 1.807) is 29.2 Å². The highest BCUT2D eigenvalue weighted by atomic mass is 16.6. The highest BCUT2D eigenvalue weighted by Crippen LogP contribution is 2.20. The molecule has 0 atom stereocenters. The largest absolute Gasteiger partial charge is 0.415 e. The molecule has 0 bridgehead atoms. The average Bonchev–Trinajstić information content (AvgIpc) is 2.83. The van der Waals surface area contributed by atoms with E-state index in [-0.39, 0.29) is 11.9 Å². The Hall–Kier alpha value is -1.84. The third-order valence-corrected chi connectivity index (χ3v) is 2.83. The van der Waals surface area contributed by atoms with E-state index in [0.717, 1.165) is 25.9 Å². The number of ether oxygens (including phenoxy) is 1. The minimum absolute atomic E-state index is 0.102. The van der Waals surface area contributed by atoms with E-state index in [0.29, 0.717) is 11.3 Å². The van der Waals surface area contributed by atoms with Crippen molar-refractivity contribution in [2.24, 2.45) is 0 Å². The second-order valence-electron chi connectivity index (χ2n) is 4.11. The van der Waals surface area contributed by atoms with Crippen LogP contribution in [0.2, 0.25) is 0 Å². The standard InChI is InChI=1S/C13H15NO3/c1-10(15)11-6-2-3-7-12(11)17-13(16)14-8-4-5-9-14/h2-3,6-7H,4-5,8-9H2,1H3. The summed E-state index contributed by atoms with van der Waals surface area (Å²) in [7, 11) is 0. The van der Waals surface area contributed by atoms with E-state index in [1.807, 2.05) is 0 Å². The third kappa shape index (κ3) is 2.64. The number of hydrogen-bond acceptors (Lipinski definition) is 3. The highest BCUT2D eigenvalue weighted by molar-refractivity contribution is 5.97. The molecule has 2 rings (SSSR count). The fourth-order valence-electron chi connectivity index (χ4n) is 1.90. The van der Waals surface area contributed by atoms with Crippen molar-refractivity contribution in [3.8, 4) is 5.75 Å². The van der Waals surface area contributed by atoms with Crippen LogP contribution in [0.1, 0.15) is 30.1 Å². The Labute approximate surface area is 100 Å². The lowest BCUT2D eigenvalue weighted by Crippen LogP contribution is -2.30. The van der Waals surface area contributed by atoms with Crippen LogP contribution in [0.4, 0.5) is 4.79 Å². The number of benzene rings is 1. The minimum Gasteiger partial charge on any atom is -0.409 e. The zero-order chi connectivity index (χ0) is 12.3. The Morgan fingerprint density at radius 3 is 2.47 bits per heavy atom. The van der Waals surface area contributed by atoms with Crippen LogP contribution in [-0.2, 0) is 0 Å². The van der Waals surface area contributed by atoms with Gasteiger partial charge >= 0.3 is 6.09 Å². The number of nitrogens with zero attached hydrogens (tertiary/aromatic N) is 1. The molecule has 1 aromatic carbocycles. The molecule has 1 aliphatic heterocycles. The van der Waals surface area contributed by atoms with Gasteiger partial charge in [0.15, 0.2) is 5.78 Å². The number of amides is 1. The van der Waals surface area contributed by atoms with Crippen LogP contribution in [0.15, 0.2) is 24.3 Å². The van der Waals surface area contributed by atoms with Crippen molar-refractivity contribution in [1.82, 2.24) is 4.90 Å². The number of rotatable bonds is 2. The van der Waals surface area contributed by atoms with Gasteiger partial charge in [-0.25, -0.2) is 4.79 Å². The predicted octanol–water partition coefficient (Wildman–Crippen LogP) is 2.48. The van der Waals surface area contributed by atoms with Crippen molar-refractivity contribution in [3.63, 3.8) is 0 Å². The number of hydrogen-bond donors (Lipinski definition) is 0. The normalized spacial score (nSPS) is 14.8. The van der Waals surface area contributed by atoms with Crippen molar-refractivity contribution >= 4 is 11.9 Å². The Bertz CT molecular complexity index is 436. The Morgan fingerprint density at radius 1 is 1.18 bits per heavy atom. The fourth-order valence-corrected chi connectivity index (χ4v) is 1.90. The molecule has 0 radical (unpaired) electrons. The molecule has 90 valence electrons. The van der Waals surface area contributed by atoms with Gasteiger partial charge in [-0.05, 0) is 31.9 Å². The molecule has 1 heterocycles. The van der Waals surface area contributed by atoms with Crippen molar-refractivity contribution in [1.29, 1.82) is 0 Å². The van der Waals surface area contributed by atoms with Crippen LogP contribution in [0.3, 0.4) is 0 Å². The smallest absolute Gasteiger partial charge is 0.409 e. The molecule has 0 aliphatic carbocycles. The summed E-state index contributed by atoms with van der Waals surface area (Å²) < 4.78 is 5.26. The summed E-state index contributed by atoms with van der Waals surface area (Å²) in [5.74, 6) is 0.242. The maximum Gasteiger partial charge on any atom is 0.415 e. The lowest BCUT2D eigenvalue weighted by molar-refractivity contribution is 0.101. The van der Waals surface area contributed by atoms with Crippen molar-refractivity contribution in [3.05, 3.63) is 29.8 Å². The molecular formula is C13H15NO3. The van der Waals surface area contributed by atoms with Crippen LogP contribution in [0.5, 0.6) is 5.75 Å². The Morgan fingerprint density at radius 2 is 1.82 bits per heavy atom. The van der Waals surface area contributed by atoms with Crippen LogP contribution in [0, 0.1) is 0 Å². The molecule has 1 saturated heterocycles. The fraction of sp³-hybridized carbons (Fsp3) is 0.385. The molecule has 0 unspecified atom stereocenters. The van der Waals surface area contributed by atoms with E-state index in [2.05, 4.69) is 0 Å². The molecule has 0 saturated carbocycles. The monoisotopic (exact) mass is 233 g/mol. The van der Waals surface area contributed by atoms with E-state index in [1.165, 1.54) is 6.92 Å². The first kappa shape index (κ1) is 11.6. The van der Waals surface area contributed by atoms with Crippen molar-refractivity contribution < 1.29 is 14.3 Å². The number of Topliss-reactive ketones (excluding diaryl/α,β-unsaturated/α-hetero) is 1. The number of carbonyl (C=O) groups excluding carboxylic acids is 2. The SMILES string of the molecule is CC(=O)c1ccccc1OC(=O)N1CCCC1. The first-order valence-corrected chi connectivity index (χ1v) is 5.75. The lowest BCUT2D eigenvalue weighted by Gasteiger charge is -2.15. The van der Waals surface area contributed by atoms with E-state index >= 15 is 0 Å². The van der Waals surface area contributed by atoms with E-state index in [4.69, 9.17) is 4.74 Å². The molecule has 1 fully saturated rings. The number of carbonyl (C=O) groups is 2. The minimum atomic E-state index is -0.365. The highest BCUT2D eigenvalue weighted by Gasteiger charge is 2.21. The van der Waals surface area contributed by atoms with Gasteiger partial charge in [0.1, 0.15) is 5.75 Å². The van der Waals surface area contributed by atoms with Gasteiger partial charge in [0.2, 0.25) is 0 Å². The molecule has 0 aromatic heterocycles. The second-order valence-corrected chi connectivity index (χ2v) is 4.11. The molecular weight excluding hydrogens is 218 g/mol. The molecule has 0 N–H and O–H groups in total. The van der Waals surface area contributed by atoms with Crippen LogP contribution in [0.25, 0.3) is 0 Å². The van der Waals surface area contributed by atoms with Crippen LogP contribution in [-0.4, -0.2) is 29.9 Å². The number of para-hydroxylation sites is 1. The maximum atomic E-state index is 11.8. The first-order chi connectivity index (χ1) is 8.18. The van der Waals surface area contributed by atoms with E-state index in [9.17, 15) is 9.59 Å². The molecule has 1 aliphatic rings. The maximum absolute atomic E-state index is 11.8. The van der Waals surface area contributed by atoms with Crippen molar-refractivity contribution in [2.75, 3.05) is 13.1 Å². The van der Waals surface area contributed by atoms with Crippen molar-refractivity contribution in [2.45, 2.75) is 19.8 Å². The van der Waals surface area contributed by atoms with Crippen LogP contribution < -0.4 is 4.74 Å². The topological polar surface area (TPSA) is 46.6 Å². The molecule has 4 nitrogen and oxygen atoms in total. The predicted molar refractivity (Wildman–Crippen MR) is 63.3 cm³/mol. The Balaban J connectivity index is 2.12. The van der Waals surface area contributed by atoms with Gasteiger partial charge in [0.25, 0.3) is 0 Å². The summed E-state index contributed by atoms with van der Waals surface area (Å²) in [4.78, 5) is 24.8. The average molecular weight is 233 g/mol. The molecule has 17 heavy (non-hydrogen) atoms. The lowest BCUT2D eigenvalue weighted by atomic mass is 10.1. The van der Waals surface area contributed by atoms with Gasteiger partial charge in [0.05, 0.1) is 5.56 Å². The van der Waals surface area contributed by atoms with Gasteiger partial charge in [-0.1, -0.05) is 12.1 Å². The summed E-state index contributed by atoms with van der Waals surface area (Å²) >= 11 is 0. The summed E-state index contributed by atoms with van der Waals surface area (Å²) in [5, 5.41) is 0. The zero-order valence-corrected chi connectivity index (χ0v) is 9.81. The molecule has 1 aromatic rings. The first-order valence-electron chi connectivity index (χ1n) is 5.75. The van der Waals surface area contributed by atoms with Gasteiger partial charge in [-0.15, -0.1) is 0 Å². The van der Waals surface area contributed by atoms with Gasteiger partial charge in [-0.2, -0.15) is 0 Å². The second kappa shape index (κ2) is 4.99. The van der Waals surface area contributed by atoms with Gasteiger partial charge in [-0.3, -0.25) is 4.79 Å². The summed E-state index contributed by atoms with van der Waals surface area (Å²) in [6.45, 7) is 2.94. The number of ketones is 1. The Kier molecular flexibility index (Phi) is 3.42. The summed E-state index contributed by atoms with van der Waals surface area (Å²) in [5.41, 5.74) is 0.444. The quantitative estimate of drug-likeness (QED) is 0.737. The molecule has 4 heteroatoms. The molecule has 0 spiro atoms. The van der Waals surface area contributed by atoms with Gasteiger partial charge < -0.3 is 9.64 Å². The zero-order valence-electron chi connectivity index (χ0n) is 9.81. The third-order valence-electron chi connectivity index (χ3n) is 2.83. The summed E-state index contributed by atoms with van der Waals surface area (Å²) in [6.07, 6.45) is 1.67.